The van der Waals surface area contributed by atoms with Crippen molar-refractivity contribution in [2.45, 2.75) is 0 Å². The molecule has 0 saturated carbocycles. The maximum Gasteiger partial charge on any atom is 0.287 e. The van der Waals surface area contributed by atoms with Crippen LogP contribution in [-0.4, -0.2) is 18.4 Å². The highest BCUT2D eigenvalue weighted by molar-refractivity contribution is 5.94. The molecule has 1 aromatic carbocycles. The van der Waals surface area contributed by atoms with Crippen molar-refractivity contribution in [3.63, 3.8) is 0 Å². The second-order valence-electron chi connectivity index (χ2n) is 4.28. The molecule has 2 aromatic rings. The van der Waals surface area contributed by atoms with Gasteiger partial charge in [-0.3, -0.25) is 20.4 Å². The Labute approximate surface area is 130 Å². The normalized spacial score (nSPS) is 10.4. The molecule has 0 spiro atoms. The summed E-state index contributed by atoms with van der Waals surface area (Å²) >= 11 is 0. The number of furan rings is 1. The van der Waals surface area contributed by atoms with Gasteiger partial charge in [0, 0.05) is 0 Å². The van der Waals surface area contributed by atoms with Crippen molar-refractivity contribution in [3.05, 3.63) is 53.2 Å². The average Bonchev–Trinajstić information content (AvgIpc) is 3.10. The third-order valence-electron chi connectivity index (χ3n) is 2.69. The van der Waals surface area contributed by atoms with Crippen LogP contribution in [0.15, 0.2) is 22.8 Å². The van der Waals surface area contributed by atoms with E-state index < -0.39 is 53.1 Å². The zero-order chi connectivity index (χ0) is 17.9. The Morgan fingerprint density at radius 1 is 0.958 bits per heavy atom. The van der Waals surface area contributed by atoms with E-state index in [2.05, 4.69) is 5.32 Å². The minimum atomic E-state index is -2.33. The summed E-state index contributed by atoms with van der Waals surface area (Å²) in [4.78, 5) is 22.9. The second kappa shape index (κ2) is 6.98. The van der Waals surface area contributed by atoms with E-state index in [0.717, 1.165) is 0 Å². The van der Waals surface area contributed by atoms with Crippen LogP contribution in [0.1, 0.15) is 10.6 Å². The molecule has 0 fully saturated rings. The minimum Gasteiger partial charge on any atom is -0.459 e. The molecule has 11 heteroatoms. The van der Waals surface area contributed by atoms with Crippen molar-refractivity contribution in [2.75, 3.05) is 12.0 Å². The van der Waals surface area contributed by atoms with Crippen LogP contribution in [0.3, 0.4) is 0 Å². The number of rotatable bonds is 5. The van der Waals surface area contributed by atoms with Gasteiger partial charge in [0.15, 0.2) is 29.0 Å². The maximum absolute atomic E-state index is 13.3. The summed E-state index contributed by atoms with van der Waals surface area (Å²) in [7, 11) is 0. The Bertz CT molecular complexity index is 751. The quantitative estimate of drug-likeness (QED) is 0.333. The molecule has 0 aliphatic heterocycles. The van der Waals surface area contributed by atoms with Crippen molar-refractivity contribution in [2.24, 2.45) is 0 Å². The van der Waals surface area contributed by atoms with Crippen LogP contribution in [0.25, 0.3) is 0 Å². The first kappa shape index (κ1) is 17.2. The van der Waals surface area contributed by atoms with Gasteiger partial charge >= 0.3 is 0 Å². The zero-order valence-corrected chi connectivity index (χ0v) is 11.6. The van der Waals surface area contributed by atoms with E-state index in [0.29, 0.717) is 0 Å². The van der Waals surface area contributed by atoms with E-state index in [4.69, 9.17) is 4.42 Å². The third kappa shape index (κ3) is 3.45. The highest BCUT2D eigenvalue weighted by Gasteiger charge is 2.26. The molecule has 0 aliphatic rings. The standard InChI is InChI=1S/C13H8F5N3O3/c14-7-8(15)10(17)12(11(18)9(7)16)21-20-6(22)4-19-13(23)5-2-1-3-24-5/h1-3,21H,4H2,(H,19,23)(H,20,22). The molecular weight excluding hydrogens is 341 g/mol. The molecular formula is C13H8F5N3O3. The van der Waals surface area contributed by atoms with Gasteiger partial charge in [-0.1, -0.05) is 0 Å². The number of hydrogen-bond donors (Lipinski definition) is 3. The van der Waals surface area contributed by atoms with Gasteiger partial charge < -0.3 is 9.73 Å². The Hall–Kier alpha value is -3.11. The number of hydrazine groups is 1. The average molecular weight is 349 g/mol. The van der Waals surface area contributed by atoms with Gasteiger partial charge in [0.25, 0.3) is 11.8 Å². The number of benzene rings is 1. The SMILES string of the molecule is O=C(CNC(=O)c1ccco1)NNc1c(F)c(F)c(F)c(F)c1F. The molecule has 0 unspecified atom stereocenters. The first-order valence-corrected chi connectivity index (χ1v) is 6.21. The number of anilines is 1. The van der Waals surface area contributed by atoms with Crippen LogP contribution < -0.4 is 16.2 Å². The molecule has 24 heavy (non-hydrogen) atoms. The first-order valence-electron chi connectivity index (χ1n) is 6.21. The summed E-state index contributed by atoms with van der Waals surface area (Å²) < 4.78 is 70.2. The topological polar surface area (TPSA) is 83.4 Å². The van der Waals surface area contributed by atoms with Crippen LogP contribution >= 0.6 is 0 Å². The van der Waals surface area contributed by atoms with Gasteiger partial charge in [-0.15, -0.1) is 0 Å². The lowest BCUT2D eigenvalue weighted by molar-refractivity contribution is -0.119. The fraction of sp³-hybridized carbons (Fsp3) is 0.0769. The van der Waals surface area contributed by atoms with Crippen LogP contribution in [-0.2, 0) is 4.79 Å². The number of carbonyl (C=O) groups excluding carboxylic acids is 2. The summed E-state index contributed by atoms with van der Waals surface area (Å²) in [5, 5.41) is 2.10. The Balaban J connectivity index is 1.96. The maximum atomic E-state index is 13.3. The van der Waals surface area contributed by atoms with E-state index in [1.165, 1.54) is 18.4 Å². The van der Waals surface area contributed by atoms with Gasteiger partial charge in [0.1, 0.15) is 5.69 Å². The monoisotopic (exact) mass is 349 g/mol. The van der Waals surface area contributed by atoms with Gasteiger partial charge in [-0.05, 0) is 12.1 Å². The Kier molecular flexibility index (Phi) is 5.02. The highest BCUT2D eigenvalue weighted by atomic mass is 19.2. The molecule has 2 amide bonds. The third-order valence-corrected chi connectivity index (χ3v) is 2.69. The van der Waals surface area contributed by atoms with E-state index in [9.17, 15) is 31.5 Å². The molecule has 0 saturated heterocycles. The number of nitrogens with one attached hydrogen (secondary N) is 3. The highest BCUT2D eigenvalue weighted by Crippen LogP contribution is 2.26. The van der Waals surface area contributed by atoms with E-state index in [1.807, 2.05) is 0 Å². The molecule has 128 valence electrons. The lowest BCUT2D eigenvalue weighted by atomic mass is 10.2. The number of amides is 2. The minimum absolute atomic E-state index is 0.0875. The van der Waals surface area contributed by atoms with Crippen molar-refractivity contribution >= 4 is 17.5 Å². The van der Waals surface area contributed by atoms with E-state index in [1.54, 1.807) is 10.9 Å². The molecule has 3 N–H and O–H groups in total. The smallest absolute Gasteiger partial charge is 0.287 e. The molecule has 1 heterocycles. The molecule has 0 atom stereocenters. The summed E-state index contributed by atoms with van der Waals surface area (Å²) in [5.74, 6) is -12.8. The predicted octanol–water partition coefficient (Wildman–Crippen LogP) is 1.85. The van der Waals surface area contributed by atoms with Crippen LogP contribution in [0.4, 0.5) is 27.6 Å². The van der Waals surface area contributed by atoms with Crippen LogP contribution in [0.2, 0.25) is 0 Å². The van der Waals surface area contributed by atoms with Gasteiger partial charge in [-0.2, -0.15) is 0 Å². The second-order valence-corrected chi connectivity index (χ2v) is 4.28. The number of carbonyl (C=O) groups is 2. The lowest BCUT2D eigenvalue weighted by Crippen LogP contribution is -2.40. The summed E-state index contributed by atoms with van der Waals surface area (Å²) in [6.07, 6.45) is 1.22. The summed E-state index contributed by atoms with van der Waals surface area (Å²) in [5.41, 5.74) is 1.83. The van der Waals surface area contributed by atoms with E-state index >= 15 is 0 Å². The van der Waals surface area contributed by atoms with Crippen LogP contribution in [0.5, 0.6) is 0 Å². The Morgan fingerprint density at radius 2 is 1.54 bits per heavy atom. The largest absolute Gasteiger partial charge is 0.459 e. The van der Waals surface area contributed by atoms with Crippen molar-refractivity contribution in [1.29, 1.82) is 0 Å². The van der Waals surface area contributed by atoms with Crippen LogP contribution in [0, 0.1) is 29.1 Å². The molecule has 1 aromatic heterocycles. The van der Waals surface area contributed by atoms with E-state index in [-0.39, 0.29) is 5.76 Å². The summed E-state index contributed by atoms with van der Waals surface area (Å²) in [6.45, 7) is -0.651. The van der Waals surface area contributed by atoms with Gasteiger partial charge in [0.05, 0.1) is 12.8 Å². The fourth-order valence-corrected chi connectivity index (χ4v) is 1.55. The van der Waals surface area contributed by atoms with Crippen molar-refractivity contribution in [3.8, 4) is 0 Å². The first-order chi connectivity index (χ1) is 11.3. The van der Waals surface area contributed by atoms with Crippen molar-refractivity contribution < 1.29 is 36.0 Å². The molecule has 0 aliphatic carbocycles. The summed E-state index contributed by atoms with van der Waals surface area (Å²) in [6, 6.07) is 2.75. The number of hydrogen-bond acceptors (Lipinski definition) is 4. The van der Waals surface area contributed by atoms with Crippen molar-refractivity contribution in [1.82, 2.24) is 10.7 Å². The van der Waals surface area contributed by atoms with Gasteiger partial charge in [-0.25, -0.2) is 22.0 Å². The molecule has 6 nitrogen and oxygen atoms in total. The zero-order valence-electron chi connectivity index (χ0n) is 11.6. The number of halogens is 5. The predicted molar refractivity (Wildman–Crippen MR) is 69.0 cm³/mol. The lowest BCUT2D eigenvalue weighted by Gasteiger charge is -2.12. The molecule has 0 bridgehead atoms. The molecule has 2 rings (SSSR count). The van der Waals surface area contributed by atoms with Gasteiger partial charge in [0.2, 0.25) is 5.82 Å². The fourth-order valence-electron chi connectivity index (χ4n) is 1.55. The molecule has 0 radical (unpaired) electrons. The Morgan fingerprint density at radius 3 is 2.08 bits per heavy atom.